The molecule has 26 heavy (non-hydrogen) atoms. The molecule has 2 aromatic rings. The van der Waals surface area contributed by atoms with E-state index < -0.39 is 0 Å². The summed E-state index contributed by atoms with van der Waals surface area (Å²) in [6.07, 6.45) is 2.32. The van der Waals surface area contributed by atoms with Crippen LogP contribution in [0.1, 0.15) is 32.6 Å². The van der Waals surface area contributed by atoms with Gasteiger partial charge in [-0.2, -0.15) is 4.98 Å². The third-order valence-electron chi connectivity index (χ3n) is 3.96. The minimum atomic E-state index is -0.108. The Labute approximate surface area is 154 Å². The average molecular weight is 360 g/mol. The largest absolute Gasteiger partial charge is 0.497 e. The number of carbonyl (C=O) groups excluding carboxylic acids is 1. The first-order valence-electron chi connectivity index (χ1n) is 9.12. The van der Waals surface area contributed by atoms with Crippen LogP contribution in [0.3, 0.4) is 0 Å². The second-order valence-electron chi connectivity index (χ2n) is 6.11. The lowest BCUT2D eigenvalue weighted by atomic mass is 10.2. The van der Waals surface area contributed by atoms with Gasteiger partial charge in [-0.05, 0) is 50.2 Å². The summed E-state index contributed by atoms with van der Waals surface area (Å²) in [7, 11) is 1.61. The molecule has 0 spiro atoms. The summed E-state index contributed by atoms with van der Waals surface area (Å²) in [5.74, 6) is 1.43. The summed E-state index contributed by atoms with van der Waals surface area (Å²) >= 11 is 0. The molecule has 1 N–H and O–H groups in total. The Hall–Kier alpha value is -2.41. The van der Waals surface area contributed by atoms with Crippen LogP contribution in [0.4, 0.5) is 0 Å². The maximum atomic E-state index is 12.1. The Kier molecular flexibility index (Phi) is 8.08. The van der Waals surface area contributed by atoms with Crippen LogP contribution in [0.2, 0.25) is 0 Å². The predicted octanol–water partition coefficient (Wildman–Crippen LogP) is 2.53. The summed E-state index contributed by atoms with van der Waals surface area (Å²) in [4.78, 5) is 18.7. The van der Waals surface area contributed by atoms with Gasteiger partial charge in [0.1, 0.15) is 12.2 Å². The molecule has 0 aliphatic rings. The number of carbonyl (C=O) groups is 1. The minimum Gasteiger partial charge on any atom is -0.497 e. The lowest BCUT2D eigenvalue weighted by molar-refractivity contribution is -0.120. The van der Waals surface area contributed by atoms with Crippen LogP contribution >= 0.6 is 0 Å². The molecule has 2 rings (SSSR count). The number of nitrogens with zero attached hydrogens (tertiary/aromatic N) is 3. The van der Waals surface area contributed by atoms with Gasteiger partial charge in [-0.3, -0.25) is 4.79 Å². The molecule has 0 saturated carbocycles. The quantitative estimate of drug-likeness (QED) is 0.663. The molecule has 7 heteroatoms. The first kappa shape index (κ1) is 19.9. The van der Waals surface area contributed by atoms with E-state index >= 15 is 0 Å². The number of ether oxygens (including phenoxy) is 1. The first-order valence-corrected chi connectivity index (χ1v) is 9.12. The van der Waals surface area contributed by atoms with Crippen molar-refractivity contribution < 1.29 is 14.1 Å². The van der Waals surface area contributed by atoms with E-state index in [0.717, 1.165) is 43.8 Å². The molecule has 142 valence electrons. The molecule has 1 amide bonds. The molecule has 0 fully saturated rings. The molecule has 0 aliphatic carbocycles. The number of hydrogen-bond donors (Lipinski definition) is 1. The fourth-order valence-corrected chi connectivity index (χ4v) is 2.71. The van der Waals surface area contributed by atoms with Gasteiger partial charge in [0.25, 0.3) is 0 Å². The molecule has 1 aromatic carbocycles. The van der Waals surface area contributed by atoms with Crippen LogP contribution in [0.15, 0.2) is 28.8 Å². The van der Waals surface area contributed by atoms with E-state index in [2.05, 4.69) is 34.2 Å². The van der Waals surface area contributed by atoms with Crippen molar-refractivity contribution in [3.63, 3.8) is 0 Å². The highest BCUT2D eigenvalue weighted by atomic mass is 16.5. The molecule has 0 saturated heterocycles. The maximum absolute atomic E-state index is 12.1. The van der Waals surface area contributed by atoms with Gasteiger partial charge in [-0.1, -0.05) is 19.0 Å². The second-order valence-corrected chi connectivity index (χ2v) is 6.11. The molecule has 7 nitrogen and oxygen atoms in total. The average Bonchev–Trinajstić information content (AvgIpc) is 3.10. The molecule has 1 aromatic heterocycles. The van der Waals surface area contributed by atoms with Gasteiger partial charge in [0, 0.05) is 18.7 Å². The Bertz CT molecular complexity index is 664. The molecule has 0 radical (unpaired) electrons. The third kappa shape index (κ3) is 6.15. The third-order valence-corrected chi connectivity index (χ3v) is 3.96. The van der Waals surface area contributed by atoms with E-state index in [0.29, 0.717) is 18.3 Å². The van der Waals surface area contributed by atoms with Crippen LogP contribution in [-0.2, 0) is 11.2 Å². The monoisotopic (exact) mass is 360 g/mol. The van der Waals surface area contributed by atoms with Crippen LogP contribution < -0.4 is 10.1 Å². The number of hydrogen-bond acceptors (Lipinski definition) is 6. The normalized spacial score (nSPS) is 10.9. The van der Waals surface area contributed by atoms with E-state index in [1.54, 1.807) is 7.11 Å². The van der Waals surface area contributed by atoms with E-state index in [1.807, 2.05) is 24.3 Å². The number of aromatic nitrogens is 2. The predicted molar refractivity (Wildman–Crippen MR) is 100 cm³/mol. The minimum absolute atomic E-state index is 0.0880. The number of nitrogens with one attached hydrogen (secondary N) is 1. The zero-order valence-electron chi connectivity index (χ0n) is 15.8. The van der Waals surface area contributed by atoms with Crippen molar-refractivity contribution in [3.05, 3.63) is 30.2 Å². The van der Waals surface area contributed by atoms with Crippen molar-refractivity contribution >= 4 is 5.91 Å². The Morgan fingerprint density at radius 1 is 1.15 bits per heavy atom. The topological polar surface area (TPSA) is 80.5 Å². The smallest absolute Gasteiger partial charge is 0.236 e. The van der Waals surface area contributed by atoms with Crippen LogP contribution in [-0.4, -0.2) is 54.2 Å². The Morgan fingerprint density at radius 3 is 2.46 bits per heavy atom. The Balaban J connectivity index is 1.81. The molecule has 0 atom stereocenters. The summed E-state index contributed by atoms with van der Waals surface area (Å²) in [5.41, 5.74) is 0.816. The van der Waals surface area contributed by atoms with E-state index in [1.165, 1.54) is 0 Å². The molecular formula is C19H28N4O3. The highest BCUT2D eigenvalue weighted by Gasteiger charge is 2.13. The van der Waals surface area contributed by atoms with Crippen LogP contribution in [0.5, 0.6) is 5.75 Å². The lowest BCUT2D eigenvalue weighted by Crippen LogP contribution is -2.36. The van der Waals surface area contributed by atoms with Gasteiger partial charge in [-0.15, -0.1) is 0 Å². The van der Waals surface area contributed by atoms with Crippen LogP contribution in [0, 0.1) is 0 Å². The fourth-order valence-electron chi connectivity index (χ4n) is 2.71. The standard InChI is InChI=1S/C19H28N4O3/c1-4-11-23(12-5-2)13-10-20-17(24)14-18-21-19(22-26-18)15-6-8-16(25-3)9-7-15/h6-9H,4-5,10-14H2,1-3H3,(H,20,24). The van der Waals surface area contributed by atoms with E-state index in [4.69, 9.17) is 9.26 Å². The van der Waals surface area contributed by atoms with Gasteiger partial charge in [-0.25, -0.2) is 0 Å². The van der Waals surface area contributed by atoms with Gasteiger partial charge < -0.3 is 19.5 Å². The number of amides is 1. The van der Waals surface area contributed by atoms with Gasteiger partial charge in [0.05, 0.1) is 7.11 Å². The number of rotatable bonds is 11. The highest BCUT2D eigenvalue weighted by Crippen LogP contribution is 2.19. The van der Waals surface area contributed by atoms with Gasteiger partial charge in [0.15, 0.2) is 0 Å². The Morgan fingerprint density at radius 2 is 1.85 bits per heavy atom. The van der Waals surface area contributed by atoms with Crippen molar-refractivity contribution in [3.8, 4) is 17.1 Å². The summed E-state index contributed by atoms with van der Waals surface area (Å²) in [6, 6.07) is 7.36. The van der Waals surface area contributed by atoms with Crippen LogP contribution in [0.25, 0.3) is 11.4 Å². The number of benzene rings is 1. The summed E-state index contributed by atoms with van der Waals surface area (Å²) in [6.45, 7) is 7.91. The van der Waals surface area contributed by atoms with Gasteiger partial charge in [0.2, 0.25) is 17.6 Å². The van der Waals surface area contributed by atoms with E-state index in [-0.39, 0.29) is 12.3 Å². The second kappa shape index (κ2) is 10.6. The molecule has 1 heterocycles. The highest BCUT2D eigenvalue weighted by molar-refractivity contribution is 5.77. The summed E-state index contributed by atoms with van der Waals surface area (Å²) in [5, 5.41) is 6.85. The lowest BCUT2D eigenvalue weighted by Gasteiger charge is -2.20. The van der Waals surface area contributed by atoms with Crippen molar-refractivity contribution in [2.75, 3.05) is 33.3 Å². The van der Waals surface area contributed by atoms with Crippen molar-refractivity contribution in [1.29, 1.82) is 0 Å². The van der Waals surface area contributed by atoms with Gasteiger partial charge >= 0.3 is 0 Å². The molecule has 0 aliphatic heterocycles. The molecule has 0 bridgehead atoms. The molecule has 0 unspecified atom stereocenters. The van der Waals surface area contributed by atoms with Crippen molar-refractivity contribution in [1.82, 2.24) is 20.4 Å². The molecular weight excluding hydrogens is 332 g/mol. The van der Waals surface area contributed by atoms with E-state index in [9.17, 15) is 4.79 Å². The summed E-state index contributed by atoms with van der Waals surface area (Å²) < 4.78 is 10.3. The zero-order valence-corrected chi connectivity index (χ0v) is 15.8. The zero-order chi connectivity index (χ0) is 18.8. The fraction of sp³-hybridized carbons (Fsp3) is 0.526. The SMILES string of the molecule is CCCN(CCC)CCNC(=O)Cc1nc(-c2ccc(OC)cc2)no1. The van der Waals surface area contributed by atoms with Crippen molar-refractivity contribution in [2.24, 2.45) is 0 Å². The van der Waals surface area contributed by atoms with Crippen molar-refractivity contribution in [2.45, 2.75) is 33.1 Å². The first-order chi connectivity index (χ1) is 12.7. The number of methoxy groups -OCH3 is 1. The maximum Gasteiger partial charge on any atom is 0.236 e.